The zero-order valence-electron chi connectivity index (χ0n) is 13.3. The van der Waals surface area contributed by atoms with Gasteiger partial charge in [-0.2, -0.15) is 0 Å². The topological polar surface area (TPSA) is 94.4 Å². The zero-order chi connectivity index (χ0) is 16.2. The lowest BCUT2D eigenvalue weighted by Crippen LogP contribution is -2.25. The molecule has 0 atom stereocenters. The van der Waals surface area contributed by atoms with Crippen molar-refractivity contribution in [3.8, 4) is 0 Å². The molecular formula is C15H24N2O4. The van der Waals surface area contributed by atoms with Crippen LogP contribution < -0.4 is 5.73 Å². The summed E-state index contributed by atoms with van der Waals surface area (Å²) in [6.07, 6.45) is 0.730. The molecule has 0 saturated carbocycles. The molecule has 0 aliphatic carbocycles. The molecule has 1 aromatic heterocycles. The Morgan fingerprint density at radius 1 is 1.24 bits per heavy atom. The Bertz CT molecular complexity index is 527. The summed E-state index contributed by atoms with van der Waals surface area (Å²) in [6, 6.07) is 0. The van der Waals surface area contributed by atoms with Crippen LogP contribution in [-0.4, -0.2) is 29.1 Å². The number of hydrogen-bond donors (Lipinski definition) is 2. The molecule has 0 unspecified atom stereocenters. The molecular weight excluding hydrogens is 272 g/mol. The summed E-state index contributed by atoms with van der Waals surface area (Å²) in [5.41, 5.74) is 6.58. The standard InChI is InChI=1S/C15H24N2O4/c1-6-7-20-14(19)12-9(2)11(10(8-16)17-12)13(18)21-15(3,4)5/h17H,6-8,16H2,1-5H3. The number of aromatic nitrogens is 1. The van der Waals surface area contributed by atoms with Crippen molar-refractivity contribution in [1.82, 2.24) is 4.98 Å². The van der Waals surface area contributed by atoms with Crippen molar-refractivity contribution in [2.24, 2.45) is 5.73 Å². The van der Waals surface area contributed by atoms with Crippen molar-refractivity contribution < 1.29 is 19.1 Å². The first-order valence-corrected chi connectivity index (χ1v) is 7.03. The summed E-state index contributed by atoms with van der Waals surface area (Å²) in [5.74, 6) is -0.981. The molecule has 0 spiro atoms. The Kier molecular flexibility index (Phi) is 5.54. The van der Waals surface area contributed by atoms with Crippen LogP contribution in [0.15, 0.2) is 0 Å². The van der Waals surface area contributed by atoms with Crippen LogP contribution in [0.1, 0.15) is 66.2 Å². The first-order valence-electron chi connectivity index (χ1n) is 7.03. The van der Waals surface area contributed by atoms with Crippen molar-refractivity contribution in [1.29, 1.82) is 0 Å². The molecule has 0 radical (unpaired) electrons. The molecule has 6 heteroatoms. The third kappa shape index (κ3) is 4.32. The van der Waals surface area contributed by atoms with Crippen LogP contribution in [0.25, 0.3) is 0 Å². The number of esters is 2. The van der Waals surface area contributed by atoms with Crippen LogP contribution in [0.2, 0.25) is 0 Å². The summed E-state index contributed by atoms with van der Waals surface area (Å²) < 4.78 is 10.4. The summed E-state index contributed by atoms with van der Waals surface area (Å²) in [5, 5.41) is 0. The van der Waals surface area contributed by atoms with Crippen molar-refractivity contribution in [2.75, 3.05) is 6.61 Å². The lowest BCUT2D eigenvalue weighted by molar-refractivity contribution is 0.00678. The Labute approximate surface area is 125 Å². The highest BCUT2D eigenvalue weighted by Gasteiger charge is 2.27. The van der Waals surface area contributed by atoms with Crippen molar-refractivity contribution in [3.05, 3.63) is 22.5 Å². The summed E-state index contributed by atoms with van der Waals surface area (Å²) in [7, 11) is 0. The predicted octanol–water partition coefficient (Wildman–Crippen LogP) is 2.30. The highest BCUT2D eigenvalue weighted by atomic mass is 16.6. The number of carbonyl (C=O) groups excluding carboxylic acids is 2. The smallest absolute Gasteiger partial charge is 0.355 e. The maximum Gasteiger partial charge on any atom is 0.355 e. The average Bonchev–Trinajstić information content (AvgIpc) is 2.71. The summed E-state index contributed by atoms with van der Waals surface area (Å²) >= 11 is 0. The molecule has 3 N–H and O–H groups in total. The molecule has 21 heavy (non-hydrogen) atoms. The monoisotopic (exact) mass is 296 g/mol. The molecule has 0 bridgehead atoms. The van der Waals surface area contributed by atoms with Gasteiger partial charge in [0.25, 0.3) is 0 Å². The first kappa shape index (κ1) is 17.2. The predicted molar refractivity (Wildman–Crippen MR) is 79.2 cm³/mol. The minimum absolute atomic E-state index is 0.108. The Morgan fingerprint density at radius 2 is 1.86 bits per heavy atom. The van der Waals surface area contributed by atoms with Crippen molar-refractivity contribution >= 4 is 11.9 Å². The Morgan fingerprint density at radius 3 is 2.33 bits per heavy atom. The van der Waals surface area contributed by atoms with Gasteiger partial charge in [0.15, 0.2) is 0 Å². The molecule has 0 fully saturated rings. The quantitative estimate of drug-likeness (QED) is 0.813. The number of ether oxygens (including phenoxy) is 2. The molecule has 0 aliphatic rings. The average molecular weight is 296 g/mol. The summed E-state index contributed by atoms with van der Waals surface area (Å²) in [4.78, 5) is 27.1. The van der Waals surface area contributed by atoms with E-state index in [4.69, 9.17) is 15.2 Å². The molecule has 0 aromatic carbocycles. The zero-order valence-corrected chi connectivity index (χ0v) is 13.3. The van der Waals surface area contributed by atoms with Gasteiger partial charge in [-0.3, -0.25) is 0 Å². The SMILES string of the molecule is CCCOC(=O)c1[nH]c(CN)c(C(=O)OC(C)(C)C)c1C. The number of H-pyrrole nitrogens is 1. The van der Waals surface area contributed by atoms with Crippen LogP contribution in [0, 0.1) is 6.92 Å². The van der Waals surface area contributed by atoms with Gasteiger partial charge in [0.05, 0.1) is 12.2 Å². The lowest BCUT2D eigenvalue weighted by Gasteiger charge is -2.19. The lowest BCUT2D eigenvalue weighted by atomic mass is 10.1. The van der Waals surface area contributed by atoms with Crippen LogP contribution >= 0.6 is 0 Å². The number of nitrogens with two attached hydrogens (primary N) is 1. The second kappa shape index (κ2) is 6.76. The molecule has 118 valence electrons. The third-order valence-corrected chi connectivity index (χ3v) is 2.78. The minimum Gasteiger partial charge on any atom is -0.461 e. The van der Waals surface area contributed by atoms with E-state index in [1.54, 1.807) is 27.7 Å². The van der Waals surface area contributed by atoms with Gasteiger partial charge in [-0.25, -0.2) is 9.59 Å². The second-order valence-corrected chi connectivity index (χ2v) is 5.82. The number of carbonyl (C=O) groups is 2. The molecule has 1 aromatic rings. The molecule has 1 rings (SSSR count). The molecule has 6 nitrogen and oxygen atoms in total. The highest BCUT2D eigenvalue weighted by molar-refractivity contribution is 5.98. The normalized spacial score (nSPS) is 11.3. The van der Waals surface area contributed by atoms with E-state index in [9.17, 15) is 9.59 Å². The Balaban J connectivity index is 3.12. The molecule has 0 saturated heterocycles. The fraction of sp³-hybridized carbons (Fsp3) is 0.600. The van der Waals surface area contributed by atoms with Gasteiger partial charge in [0, 0.05) is 12.2 Å². The largest absolute Gasteiger partial charge is 0.461 e. The number of hydrogen-bond acceptors (Lipinski definition) is 5. The molecule has 0 amide bonds. The van der Waals surface area contributed by atoms with E-state index in [0.717, 1.165) is 6.42 Å². The van der Waals surface area contributed by atoms with Crippen LogP contribution in [0.4, 0.5) is 0 Å². The van der Waals surface area contributed by atoms with E-state index in [-0.39, 0.29) is 12.2 Å². The highest BCUT2D eigenvalue weighted by Crippen LogP contribution is 2.22. The number of aromatic amines is 1. The maximum atomic E-state index is 12.3. The first-order chi connectivity index (χ1) is 9.71. The van der Waals surface area contributed by atoms with E-state index in [1.165, 1.54) is 0 Å². The van der Waals surface area contributed by atoms with Gasteiger partial charge >= 0.3 is 11.9 Å². The van der Waals surface area contributed by atoms with E-state index < -0.39 is 17.5 Å². The van der Waals surface area contributed by atoms with Gasteiger partial charge in [-0.1, -0.05) is 6.92 Å². The second-order valence-electron chi connectivity index (χ2n) is 5.82. The number of rotatable bonds is 5. The van der Waals surface area contributed by atoms with Gasteiger partial charge in [-0.05, 0) is 39.7 Å². The van der Waals surface area contributed by atoms with E-state index in [1.807, 2.05) is 6.92 Å². The molecule has 1 heterocycles. The molecule has 0 aliphatic heterocycles. The van der Waals surface area contributed by atoms with Gasteiger partial charge in [0.2, 0.25) is 0 Å². The van der Waals surface area contributed by atoms with Gasteiger partial charge < -0.3 is 20.2 Å². The number of nitrogens with one attached hydrogen (secondary N) is 1. The van der Waals surface area contributed by atoms with Crippen LogP contribution in [0.3, 0.4) is 0 Å². The van der Waals surface area contributed by atoms with Crippen molar-refractivity contribution in [2.45, 2.75) is 53.2 Å². The van der Waals surface area contributed by atoms with Crippen molar-refractivity contribution in [3.63, 3.8) is 0 Å². The summed E-state index contributed by atoms with van der Waals surface area (Å²) in [6.45, 7) is 9.37. The fourth-order valence-corrected chi connectivity index (χ4v) is 1.89. The van der Waals surface area contributed by atoms with Crippen LogP contribution in [-0.2, 0) is 16.0 Å². The minimum atomic E-state index is -0.616. The van der Waals surface area contributed by atoms with E-state index in [0.29, 0.717) is 23.4 Å². The third-order valence-electron chi connectivity index (χ3n) is 2.78. The van der Waals surface area contributed by atoms with Gasteiger partial charge in [-0.15, -0.1) is 0 Å². The van der Waals surface area contributed by atoms with Gasteiger partial charge in [0.1, 0.15) is 11.3 Å². The Hall–Kier alpha value is -1.82. The van der Waals surface area contributed by atoms with E-state index in [2.05, 4.69) is 4.98 Å². The van der Waals surface area contributed by atoms with E-state index >= 15 is 0 Å². The maximum absolute atomic E-state index is 12.3. The van der Waals surface area contributed by atoms with Crippen LogP contribution in [0.5, 0.6) is 0 Å². The fourth-order valence-electron chi connectivity index (χ4n) is 1.89.